The molecular weight excluding hydrogens is 288 g/mol. The van der Waals surface area contributed by atoms with Gasteiger partial charge in [0, 0.05) is 26.1 Å². The Balaban J connectivity index is 1.50. The van der Waals surface area contributed by atoms with Gasteiger partial charge in [-0.1, -0.05) is 11.6 Å². The lowest BCUT2D eigenvalue weighted by Crippen LogP contribution is -2.25. The van der Waals surface area contributed by atoms with E-state index in [0.717, 1.165) is 30.6 Å². The number of hydrogen-bond donors (Lipinski definition) is 1. The second kappa shape index (κ2) is 5.67. The average molecular weight is 309 g/mol. The molecule has 2 saturated heterocycles. The van der Waals surface area contributed by atoms with E-state index in [4.69, 9.17) is 21.1 Å². The van der Waals surface area contributed by atoms with E-state index in [2.05, 4.69) is 16.3 Å². The molecule has 1 N–H and O–H groups in total. The van der Waals surface area contributed by atoms with Gasteiger partial charge in [0.05, 0.1) is 18.2 Å². The summed E-state index contributed by atoms with van der Waals surface area (Å²) in [7, 11) is 0. The maximum absolute atomic E-state index is 6.37. The van der Waals surface area contributed by atoms with Gasteiger partial charge in [-0.2, -0.15) is 0 Å². The van der Waals surface area contributed by atoms with Gasteiger partial charge in [0.1, 0.15) is 0 Å². The van der Waals surface area contributed by atoms with Crippen molar-refractivity contribution < 1.29 is 9.47 Å². The molecule has 0 spiro atoms. The Morgan fingerprint density at radius 2 is 1.90 bits per heavy atom. The Kier molecular flexibility index (Phi) is 3.69. The third-order valence-electron chi connectivity index (χ3n) is 4.73. The van der Waals surface area contributed by atoms with E-state index < -0.39 is 0 Å². The van der Waals surface area contributed by atoms with Crippen molar-refractivity contribution in [2.24, 2.45) is 11.8 Å². The standard InChI is InChI=1S/C16H21ClN2O2/c17-14-4-11(5-15-16(14)21-3-1-2-20-15)8-19-9-12-6-18-7-13(12)10-19/h4-5,12-13,18H,1-3,6-10H2/t12-,13+. The second-order valence-electron chi connectivity index (χ2n) is 6.33. The highest BCUT2D eigenvalue weighted by Crippen LogP contribution is 2.38. The Morgan fingerprint density at radius 1 is 1.14 bits per heavy atom. The van der Waals surface area contributed by atoms with Crippen molar-refractivity contribution in [2.45, 2.75) is 13.0 Å². The molecule has 0 unspecified atom stereocenters. The summed E-state index contributed by atoms with van der Waals surface area (Å²) in [5.74, 6) is 3.15. The predicted molar refractivity (Wildman–Crippen MR) is 82.2 cm³/mol. The Labute approximate surface area is 130 Å². The molecule has 3 heterocycles. The van der Waals surface area contributed by atoms with Crippen LogP contribution in [0.15, 0.2) is 12.1 Å². The number of nitrogens with one attached hydrogen (secondary N) is 1. The molecule has 3 aliphatic rings. The van der Waals surface area contributed by atoms with Crippen molar-refractivity contribution >= 4 is 11.6 Å². The molecule has 0 saturated carbocycles. The van der Waals surface area contributed by atoms with Crippen LogP contribution in [0.3, 0.4) is 0 Å². The van der Waals surface area contributed by atoms with Crippen LogP contribution in [0.2, 0.25) is 5.02 Å². The van der Waals surface area contributed by atoms with Crippen molar-refractivity contribution in [3.8, 4) is 11.5 Å². The van der Waals surface area contributed by atoms with Crippen molar-refractivity contribution in [1.29, 1.82) is 0 Å². The smallest absolute Gasteiger partial charge is 0.179 e. The van der Waals surface area contributed by atoms with E-state index in [1.54, 1.807) is 0 Å². The first kappa shape index (κ1) is 13.7. The lowest BCUT2D eigenvalue weighted by Gasteiger charge is -2.18. The number of rotatable bonds is 2. The van der Waals surface area contributed by atoms with Gasteiger partial charge in [0.25, 0.3) is 0 Å². The summed E-state index contributed by atoms with van der Waals surface area (Å²) in [4.78, 5) is 2.53. The number of benzene rings is 1. The van der Waals surface area contributed by atoms with Crippen molar-refractivity contribution in [3.05, 3.63) is 22.7 Å². The van der Waals surface area contributed by atoms with E-state index in [9.17, 15) is 0 Å². The first-order valence-corrected chi connectivity index (χ1v) is 8.18. The van der Waals surface area contributed by atoms with Crippen molar-refractivity contribution in [2.75, 3.05) is 39.4 Å². The minimum absolute atomic E-state index is 0.672. The fraction of sp³-hybridized carbons (Fsp3) is 0.625. The minimum Gasteiger partial charge on any atom is -0.489 e. The topological polar surface area (TPSA) is 33.7 Å². The summed E-state index contributed by atoms with van der Waals surface area (Å²) in [5, 5.41) is 4.15. The molecule has 2 fully saturated rings. The van der Waals surface area contributed by atoms with Gasteiger partial charge in [-0.3, -0.25) is 4.90 Å². The normalized spacial score (nSPS) is 28.4. The lowest BCUT2D eigenvalue weighted by molar-refractivity contribution is 0.296. The SMILES string of the molecule is Clc1cc(CN2C[C@H]3CNC[C@H]3C2)cc2c1OCCCO2. The summed E-state index contributed by atoms with van der Waals surface area (Å²) < 4.78 is 11.5. The Hall–Kier alpha value is -0.970. The summed E-state index contributed by atoms with van der Waals surface area (Å²) in [5.41, 5.74) is 1.22. The van der Waals surface area contributed by atoms with Crippen LogP contribution in [0.5, 0.6) is 11.5 Å². The van der Waals surface area contributed by atoms with Gasteiger partial charge < -0.3 is 14.8 Å². The molecule has 1 aromatic rings. The molecule has 21 heavy (non-hydrogen) atoms. The number of hydrogen-bond acceptors (Lipinski definition) is 4. The summed E-state index contributed by atoms with van der Waals surface area (Å²) >= 11 is 6.37. The van der Waals surface area contributed by atoms with Gasteiger partial charge in [0.2, 0.25) is 0 Å². The van der Waals surface area contributed by atoms with E-state index in [0.29, 0.717) is 24.0 Å². The molecule has 0 aromatic heterocycles. The highest BCUT2D eigenvalue weighted by Gasteiger charge is 2.35. The molecule has 5 heteroatoms. The molecule has 114 valence electrons. The van der Waals surface area contributed by atoms with E-state index in [-0.39, 0.29) is 0 Å². The van der Waals surface area contributed by atoms with E-state index in [1.807, 2.05) is 6.07 Å². The van der Waals surface area contributed by atoms with Gasteiger partial charge in [-0.25, -0.2) is 0 Å². The maximum Gasteiger partial charge on any atom is 0.179 e. The van der Waals surface area contributed by atoms with Gasteiger partial charge in [0.15, 0.2) is 11.5 Å². The highest BCUT2D eigenvalue weighted by molar-refractivity contribution is 6.32. The third-order valence-corrected chi connectivity index (χ3v) is 5.01. The molecule has 0 amide bonds. The molecule has 0 aliphatic carbocycles. The quantitative estimate of drug-likeness (QED) is 0.908. The number of ether oxygens (including phenoxy) is 2. The molecule has 4 rings (SSSR count). The van der Waals surface area contributed by atoms with Crippen LogP contribution < -0.4 is 14.8 Å². The van der Waals surface area contributed by atoms with Crippen molar-refractivity contribution in [3.63, 3.8) is 0 Å². The van der Waals surface area contributed by atoms with Gasteiger partial charge in [-0.15, -0.1) is 0 Å². The van der Waals surface area contributed by atoms with Gasteiger partial charge in [-0.05, 0) is 42.6 Å². The van der Waals surface area contributed by atoms with Crippen LogP contribution in [-0.4, -0.2) is 44.3 Å². The molecule has 0 radical (unpaired) electrons. The van der Waals surface area contributed by atoms with Crippen LogP contribution in [0.4, 0.5) is 0 Å². The van der Waals surface area contributed by atoms with Crippen LogP contribution >= 0.6 is 11.6 Å². The lowest BCUT2D eigenvalue weighted by atomic mass is 10.0. The average Bonchev–Trinajstić information content (AvgIpc) is 2.93. The zero-order valence-electron chi connectivity index (χ0n) is 12.1. The number of nitrogens with zero attached hydrogens (tertiary/aromatic N) is 1. The second-order valence-corrected chi connectivity index (χ2v) is 6.74. The number of fused-ring (bicyclic) bond motifs is 2. The third kappa shape index (κ3) is 2.72. The largest absolute Gasteiger partial charge is 0.489 e. The first-order valence-electron chi connectivity index (χ1n) is 7.80. The number of halogens is 1. The zero-order valence-corrected chi connectivity index (χ0v) is 12.9. The molecule has 2 atom stereocenters. The summed E-state index contributed by atoms with van der Waals surface area (Å²) in [6.45, 7) is 7.03. The Morgan fingerprint density at radius 3 is 2.71 bits per heavy atom. The predicted octanol–water partition coefficient (Wildman–Crippen LogP) is 2.15. The van der Waals surface area contributed by atoms with Crippen LogP contribution in [0, 0.1) is 11.8 Å². The molecular formula is C16H21ClN2O2. The zero-order chi connectivity index (χ0) is 14.2. The number of likely N-dealkylation sites (tertiary alicyclic amines) is 1. The molecule has 4 nitrogen and oxygen atoms in total. The fourth-order valence-electron chi connectivity index (χ4n) is 3.72. The van der Waals surface area contributed by atoms with Gasteiger partial charge >= 0.3 is 0 Å². The summed E-state index contributed by atoms with van der Waals surface area (Å²) in [6.07, 6.45) is 0.906. The van der Waals surface area contributed by atoms with Crippen LogP contribution in [-0.2, 0) is 6.54 Å². The minimum atomic E-state index is 0.672. The fourth-order valence-corrected chi connectivity index (χ4v) is 4.00. The van der Waals surface area contributed by atoms with E-state index >= 15 is 0 Å². The molecule has 1 aromatic carbocycles. The molecule has 0 bridgehead atoms. The van der Waals surface area contributed by atoms with Crippen LogP contribution in [0.25, 0.3) is 0 Å². The summed E-state index contributed by atoms with van der Waals surface area (Å²) in [6, 6.07) is 4.13. The maximum atomic E-state index is 6.37. The highest BCUT2D eigenvalue weighted by atomic mass is 35.5. The monoisotopic (exact) mass is 308 g/mol. The van der Waals surface area contributed by atoms with E-state index in [1.165, 1.54) is 31.7 Å². The molecule has 3 aliphatic heterocycles. The van der Waals surface area contributed by atoms with Crippen LogP contribution in [0.1, 0.15) is 12.0 Å². The van der Waals surface area contributed by atoms with Crippen molar-refractivity contribution in [1.82, 2.24) is 10.2 Å². The Bertz CT molecular complexity index is 525. The first-order chi connectivity index (χ1) is 10.3.